The zero-order valence-corrected chi connectivity index (χ0v) is 18.4. The molecule has 0 aliphatic carbocycles. The van der Waals surface area contributed by atoms with Crippen molar-refractivity contribution in [2.24, 2.45) is 10.9 Å². The topological polar surface area (TPSA) is 165 Å². The second kappa shape index (κ2) is 9.23. The molecule has 0 aromatic heterocycles. The van der Waals surface area contributed by atoms with E-state index in [-0.39, 0.29) is 27.6 Å². The van der Waals surface area contributed by atoms with E-state index in [1.165, 1.54) is 43.3 Å². The number of halogens is 1. The van der Waals surface area contributed by atoms with Gasteiger partial charge in [0.05, 0.1) is 4.90 Å². The number of nitrogen functional groups attached to an aromatic ring is 2. The van der Waals surface area contributed by atoms with Gasteiger partial charge in [0, 0.05) is 22.5 Å². The van der Waals surface area contributed by atoms with Crippen LogP contribution in [0.4, 0.5) is 15.8 Å². The Morgan fingerprint density at radius 3 is 2.27 bits per heavy atom. The van der Waals surface area contributed by atoms with E-state index < -0.39 is 21.8 Å². The van der Waals surface area contributed by atoms with Crippen molar-refractivity contribution in [1.29, 1.82) is 5.41 Å². The number of rotatable bonds is 6. The molecule has 3 rings (SSSR count). The fourth-order valence-corrected chi connectivity index (χ4v) is 3.95. The van der Waals surface area contributed by atoms with E-state index in [2.05, 4.69) is 5.32 Å². The van der Waals surface area contributed by atoms with Crippen molar-refractivity contribution in [3.8, 4) is 11.1 Å². The first-order valence-corrected chi connectivity index (χ1v) is 11.2. The molecular formula is C23H22FN5O3S. The maximum atomic E-state index is 14.8. The van der Waals surface area contributed by atoms with Gasteiger partial charge in [0.25, 0.3) is 5.91 Å². The Morgan fingerprint density at radius 2 is 1.67 bits per heavy atom. The average molecular weight is 468 g/mol. The lowest BCUT2D eigenvalue weighted by molar-refractivity contribution is -0.114. The number of anilines is 2. The predicted octanol–water partition coefficient (Wildman–Crippen LogP) is 3.21. The normalized spacial score (nSPS) is 12.1. The summed E-state index contributed by atoms with van der Waals surface area (Å²) >= 11 is 0. The second-order valence-corrected chi connectivity index (χ2v) is 8.76. The van der Waals surface area contributed by atoms with Crippen LogP contribution in [-0.4, -0.2) is 20.2 Å². The number of hydrogen-bond donors (Lipinski definition) is 5. The molecule has 33 heavy (non-hydrogen) atoms. The molecule has 3 aromatic carbocycles. The Labute approximate surface area is 190 Å². The van der Waals surface area contributed by atoms with Gasteiger partial charge < -0.3 is 16.8 Å². The summed E-state index contributed by atoms with van der Waals surface area (Å²) in [4.78, 5) is 12.4. The van der Waals surface area contributed by atoms with Crippen LogP contribution in [-0.2, 0) is 14.8 Å². The zero-order valence-electron chi connectivity index (χ0n) is 17.6. The smallest absolute Gasteiger partial charge is 0.284 e. The minimum atomic E-state index is -3.92. The van der Waals surface area contributed by atoms with Gasteiger partial charge in [-0.05, 0) is 54.0 Å². The van der Waals surface area contributed by atoms with Gasteiger partial charge >= 0.3 is 0 Å². The Kier molecular flexibility index (Phi) is 6.61. The van der Waals surface area contributed by atoms with E-state index in [1.807, 2.05) is 0 Å². The zero-order chi connectivity index (χ0) is 24.3. The van der Waals surface area contributed by atoms with E-state index in [4.69, 9.17) is 22.0 Å². The molecule has 0 fully saturated rings. The van der Waals surface area contributed by atoms with Crippen LogP contribution in [0.5, 0.6) is 0 Å². The number of amides is 1. The van der Waals surface area contributed by atoms with E-state index in [1.54, 1.807) is 30.3 Å². The fraction of sp³-hybridized carbons (Fsp3) is 0.0435. The summed E-state index contributed by atoms with van der Waals surface area (Å²) in [6, 6.07) is 16.9. The van der Waals surface area contributed by atoms with Gasteiger partial charge in [-0.3, -0.25) is 10.2 Å². The highest BCUT2D eigenvalue weighted by atomic mass is 32.2. The number of carbonyl (C=O) groups is 1. The highest BCUT2D eigenvalue weighted by Gasteiger charge is 2.17. The van der Waals surface area contributed by atoms with E-state index in [0.29, 0.717) is 22.4 Å². The summed E-state index contributed by atoms with van der Waals surface area (Å²) in [5.41, 5.74) is 13.4. The fourth-order valence-electron chi connectivity index (χ4n) is 3.19. The van der Waals surface area contributed by atoms with Gasteiger partial charge in [0.1, 0.15) is 5.84 Å². The Morgan fingerprint density at radius 1 is 1.03 bits per heavy atom. The Balaban J connectivity index is 1.84. The van der Waals surface area contributed by atoms with Crippen LogP contribution in [0.1, 0.15) is 18.1 Å². The minimum absolute atomic E-state index is 0.0279. The molecule has 0 saturated heterocycles. The van der Waals surface area contributed by atoms with Crippen LogP contribution in [0.25, 0.3) is 16.7 Å². The third-order valence-corrected chi connectivity index (χ3v) is 5.92. The maximum absolute atomic E-state index is 14.8. The Bertz CT molecular complexity index is 1380. The number of amidine groups is 1. The van der Waals surface area contributed by atoms with Gasteiger partial charge in [-0.1, -0.05) is 36.4 Å². The summed E-state index contributed by atoms with van der Waals surface area (Å²) < 4.78 is 38.4. The number of sulfonamides is 1. The minimum Gasteiger partial charge on any atom is -0.398 e. The summed E-state index contributed by atoms with van der Waals surface area (Å²) in [6.07, 6.45) is 0. The van der Waals surface area contributed by atoms with Gasteiger partial charge in [0.15, 0.2) is 5.83 Å². The number of nitrogens with one attached hydrogen (secondary N) is 2. The molecule has 0 aliphatic heterocycles. The summed E-state index contributed by atoms with van der Waals surface area (Å²) in [5.74, 6) is -2.25. The van der Waals surface area contributed by atoms with E-state index >= 15 is 0 Å². The molecule has 1 amide bonds. The lowest BCUT2D eigenvalue weighted by atomic mass is 10.0. The van der Waals surface area contributed by atoms with Crippen LogP contribution < -0.4 is 21.9 Å². The SMILES string of the molecule is C/C(=C(\F)C(=O)Nc1ccc(-c2ccccc2S(N)(=O)=O)cc1)c1ccc(N)c(C(=N)N)c1. The van der Waals surface area contributed by atoms with Crippen molar-refractivity contribution >= 4 is 38.7 Å². The highest BCUT2D eigenvalue weighted by molar-refractivity contribution is 7.89. The lowest BCUT2D eigenvalue weighted by Crippen LogP contribution is -2.15. The molecule has 8 N–H and O–H groups in total. The van der Waals surface area contributed by atoms with Crippen molar-refractivity contribution in [3.63, 3.8) is 0 Å². The van der Waals surface area contributed by atoms with Crippen LogP contribution in [0.3, 0.4) is 0 Å². The first-order valence-electron chi connectivity index (χ1n) is 9.63. The van der Waals surface area contributed by atoms with Crippen LogP contribution in [0.2, 0.25) is 0 Å². The summed E-state index contributed by atoms with van der Waals surface area (Å²) in [6.45, 7) is 1.43. The summed E-state index contributed by atoms with van der Waals surface area (Å²) in [7, 11) is -3.92. The van der Waals surface area contributed by atoms with E-state index in [0.717, 1.165) is 0 Å². The number of benzene rings is 3. The maximum Gasteiger partial charge on any atom is 0.284 e. The molecule has 0 radical (unpaired) electrons. The highest BCUT2D eigenvalue weighted by Crippen LogP contribution is 2.28. The van der Waals surface area contributed by atoms with Gasteiger partial charge in [0.2, 0.25) is 10.0 Å². The lowest BCUT2D eigenvalue weighted by Gasteiger charge is -2.11. The molecule has 0 bridgehead atoms. The van der Waals surface area contributed by atoms with Gasteiger partial charge in [-0.2, -0.15) is 0 Å². The predicted molar refractivity (Wildman–Crippen MR) is 127 cm³/mol. The number of hydrogen-bond acceptors (Lipinski definition) is 5. The van der Waals surface area contributed by atoms with Crippen LogP contribution in [0, 0.1) is 5.41 Å². The molecule has 0 unspecified atom stereocenters. The molecule has 3 aromatic rings. The standard InChI is InChI=1S/C23H22FN5O3S/c1-13(15-8-11-19(25)18(12-15)22(26)27)21(24)23(30)29-16-9-6-14(7-10-16)17-4-2-3-5-20(17)33(28,31)32/h2-12H,25H2,1H3,(H3,26,27)(H,29,30)(H2,28,31,32)/b21-13+. The molecule has 0 saturated carbocycles. The number of primary sulfonamides is 1. The molecule has 8 nitrogen and oxygen atoms in total. The van der Waals surface area contributed by atoms with Crippen molar-refractivity contribution in [2.75, 3.05) is 11.1 Å². The largest absolute Gasteiger partial charge is 0.398 e. The van der Waals surface area contributed by atoms with Crippen molar-refractivity contribution in [3.05, 3.63) is 83.7 Å². The molecule has 10 heteroatoms. The van der Waals surface area contributed by atoms with Crippen LogP contribution >= 0.6 is 0 Å². The van der Waals surface area contributed by atoms with Crippen LogP contribution in [0.15, 0.2) is 77.5 Å². The molecular weight excluding hydrogens is 445 g/mol. The number of allylic oxidation sites excluding steroid dienone is 1. The number of carbonyl (C=O) groups excluding carboxylic acids is 1. The monoisotopic (exact) mass is 467 g/mol. The van der Waals surface area contributed by atoms with Crippen molar-refractivity contribution in [2.45, 2.75) is 11.8 Å². The van der Waals surface area contributed by atoms with Crippen molar-refractivity contribution in [1.82, 2.24) is 0 Å². The third kappa shape index (κ3) is 5.25. The van der Waals surface area contributed by atoms with Gasteiger partial charge in [-0.15, -0.1) is 0 Å². The molecule has 0 aliphatic rings. The Hall–Kier alpha value is -4.02. The van der Waals surface area contributed by atoms with Crippen molar-refractivity contribution < 1.29 is 17.6 Å². The first kappa shape index (κ1) is 23.6. The molecule has 0 atom stereocenters. The molecule has 0 heterocycles. The third-order valence-electron chi connectivity index (χ3n) is 4.95. The van der Waals surface area contributed by atoms with Gasteiger partial charge in [-0.25, -0.2) is 17.9 Å². The first-order chi connectivity index (χ1) is 15.5. The quantitative estimate of drug-likeness (QED) is 0.162. The summed E-state index contributed by atoms with van der Waals surface area (Å²) in [5, 5.41) is 15.3. The average Bonchev–Trinajstić information content (AvgIpc) is 2.78. The number of nitrogens with two attached hydrogens (primary N) is 3. The molecule has 170 valence electrons. The van der Waals surface area contributed by atoms with E-state index in [9.17, 15) is 17.6 Å². The molecule has 0 spiro atoms. The second-order valence-electron chi connectivity index (χ2n) is 7.23.